The van der Waals surface area contributed by atoms with E-state index in [0.29, 0.717) is 5.65 Å². The van der Waals surface area contributed by atoms with Crippen molar-refractivity contribution >= 4 is 21.6 Å². The van der Waals surface area contributed by atoms with E-state index in [9.17, 15) is 13.2 Å². The number of aryl methyl sites for hydroxylation is 1. The van der Waals surface area contributed by atoms with Crippen LogP contribution in [0, 0.1) is 0 Å². The van der Waals surface area contributed by atoms with Gasteiger partial charge in [-0.1, -0.05) is 0 Å². The van der Waals surface area contributed by atoms with Gasteiger partial charge < -0.3 is 4.57 Å². The van der Waals surface area contributed by atoms with Gasteiger partial charge in [0.05, 0.1) is 12.5 Å². The van der Waals surface area contributed by atoms with Crippen LogP contribution in [0.25, 0.3) is 5.65 Å². The van der Waals surface area contributed by atoms with Gasteiger partial charge in [0.1, 0.15) is 6.33 Å². The standard InChI is InChI=1S/C11H10N6O3S/c1-16-7-12-5-10(16)21(19,20)15-11(18)8-2-3-17-9(4-8)13-6-14-17/h2-7H,1H3,(H,15,18). The van der Waals surface area contributed by atoms with E-state index >= 15 is 0 Å². The Labute approximate surface area is 119 Å². The predicted molar refractivity (Wildman–Crippen MR) is 70.8 cm³/mol. The maximum absolute atomic E-state index is 12.1. The summed E-state index contributed by atoms with van der Waals surface area (Å²) in [6, 6.07) is 2.90. The van der Waals surface area contributed by atoms with Crippen molar-refractivity contribution in [3.8, 4) is 0 Å². The van der Waals surface area contributed by atoms with Crippen molar-refractivity contribution < 1.29 is 13.2 Å². The van der Waals surface area contributed by atoms with E-state index in [1.54, 1.807) is 0 Å². The molecule has 0 radical (unpaired) electrons. The minimum absolute atomic E-state index is 0.0978. The Bertz CT molecular complexity index is 926. The Balaban J connectivity index is 1.90. The third kappa shape index (κ3) is 2.36. The lowest BCUT2D eigenvalue weighted by Gasteiger charge is -2.07. The average Bonchev–Trinajstić information content (AvgIpc) is 3.05. The maximum atomic E-state index is 12.1. The van der Waals surface area contributed by atoms with Crippen molar-refractivity contribution in [1.29, 1.82) is 0 Å². The fourth-order valence-corrected chi connectivity index (χ4v) is 2.89. The molecule has 9 nitrogen and oxygen atoms in total. The lowest BCUT2D eigenvalue weighted by molar-refractivity contribution is 0.0981. The van der Waals surface area contributed by atoms with Crippen LogP contribution in [0.2, 0.25) is 0 Å². The van der Waals surface area contributed by atoms with Crippen LogP contribution in [-0.2, 0) is 17.1 Å². The monoisotopic (exact) mass is 306 g/mol. The molecule has 0 aliphatic rings. The zero-order valence-corrected chi connectivity index (χ0v) is 11.6. The SMILES string of the molecule is Cn1cncc1S(=O)(=O)NC(=O)c1ccn2ncnc2c1. The Kier molecular flexibility index (Phi) is 2.94. The van der Waals surface area contributed by atoms with Crippen LogP contribution in [0.15, 0.2) is 42.2 Å². The first-order valence-corrected chi connectivity index (χ1v) is 7.28. The average molecular weight is 306 g/mol. The number of pyridine rings is 1. The number of imidazole rings is 1. The molecule has 3 aromatic heterocycles. The molecule has 0 atom stereocenters. The van der Waals surface area contributed by atoms with Gasteiger partial charge in [-0.25, -0.2) is 19.2 Å². The Hall–Kier alpha value is -2.75. The molecule has 0 aromatic carbocycles. The zero-order valence-electron chi connectivity index (χ0n) is 10.8. The van der Waals surface area contributed by atoms with E-state index < -0.39 is 15.9 Å². The predicted octanol–water partition coefficient (Wildman–Crippen LogP) is -0.419. The van der Waals surface area contributed by atoms with Crippen molar-refractivity contribution in [2.75, 3.05) is 0 Å². The summed E-state index contributed by atoms with van der Waals surface area (Å²) in [7, 11) is -2.45. The Morgan fingerprint density at radius 1 is 1.38 bits per heavy atom. The lowest BCUT2D eigenvalue weighted by atomic mass is 10.2. The molecule has 21 heavy (non-hydrogen) atoms. The van der Waals surface area contributed by atoms with Crippen LogP contribution in [0.3, 0.4) is 0 Å². The molecule has 0 bridgehead atoms. The summed E-state index contributed by atoms with van der Waals surface area (Å²) in [5.41, 5.74) is 0.613. The van der Waals surface area contributed by atoms with Gasteiger partial charge in [-0.15, -0.1) is 0 Å². The molecule has 3 heterocycles. The number of sulfonamides is 1. The fourth-order valence-electron chi connectivity index (χ4n) is 1.79. The molecule has 3 aromatic rings. The molecule has 0 saturated carbocycles. The third-order valence-corrected chi connectivity index (χ3v) is 4.22. The lowest BCUT2D eigenvalue weighted by Crippen LogP contribution is -2.31. The van der Waals surface area contributed by atoms with Crippen LogP contribution in [0.4, 0.5) is 0 Å². The summed E-state index contributed by atoms with van der Waals surface area (Å²) in [5.74, 6) is -0.748. The molecule has 3 rings (SSSR count). The molecule has 0 aliphatic carbocycles. The fraction of sp³-hybridized carbons (Fsp3) is 0.0909. The molecule has 0 unspecified atom stereocenters. The van der Waals surface area contributed by atoms with Crippen molar-refractivity contribution in [3.63, 3.8) is 0 Å². The number of nitrogens with one attached hydrogen (secondary N) is 1. The van der Waals surface area contributed by atoms with Gasteiger partial charge in [0.25, 0.3) is 15.9 Å². The number of nitrogens with zero attached hydrogens (tertiary/aromatic N) is 5. The smallest absolute Gasteiger partial charge is 0.281 e. The Morgan fingerprint density at radius 2 is 2.19 bits per heavy atom. The van der Waals surface area contributed by atoms with E-state index in [0.717, 1.165) is 6.20 Å². The van der Waals surface area contributed by atoms with E-state index in [1.165, 1.54) is 47.1 Å². The minimum atomic E-state index is -3.98. The number of fused-ring (bicyclic) bond motifs is 1. The van der Waals surface area contributed by atoms with E-state index in [1.807, 2.05) is 4.72 Å². The first kappa shape index (κ1) is 13.2. The van der Waals surface area contributed by atoms with Crippen LogP contribution in [0.1, 0.15) is 10.4 Å². The van der Waals surface area contributed by atoms with Crippen LogP contribution in [0.5, 0.6) is 0 Å². The summed E-state index contributed by atoms with van der Waals surface area (Å²) >= 11 is 0. The number of hydrogen-bond acceptors (Lipinski definition) is 6. The summed E-state index contributed by atoms with van der Waals surface area (Å²) in [5, 5.41) is 3.79. The highest BCUT2D eigenvalue weighted by molar-refractivity contribution is 7.90. The molecule has 0 aliphatic heterocycles. The number of carbonyl (C=O) groups excluding carboxylic acids is 1. The number of rotatable bonds is 3. The number of aromatic nitrogens is 5. The number of hydrogen-bond donors (Lipinski definition) is 1. The highest BCUT2D eigenvalue weighted by Gasteiger charge is 2.22. The van der Waals surface area contributed by atoms with Gasteiger partial charge >= 0.3 is 0 Å². The summed E-state index contributed by atoms with van der Waals surface area (Å²) in [6.07, 6.45) is 5.36. The molecule has 0 saturated heterocycles. The highest BCUT2D eigenvalue weighted by atomic mass is 32.2. The second-order valence-corrected chi connectivity index (χ2v) is 5.88. The normalized spacial score (nSPS) is 11.7. The van der Waals surface area contributed by atoms with E-state index in [2.05, 4.69) is 15.1 Å². The number of carbonyl (C=O) groups is 1. The third-order valence-electron chi connectivity index (χ3n) is 2.82. The van der Waals surface area contributed by atoms with Crippen molar-refractivity contribution in [1.82, 2.24) is 28.9 Å². The van der Waals surface area contributed by atoms with Gasteiger partial charge in [0, 0.05) is 18.8 Å². The molecular formula is C11H10N6O3S. The molecule has 0 spiro atoms. The van der Waals surface area contributed by atoms with Crippen molar-refractivity contribution in [2.24, 2.45) is 7.05 Å². The van der Waals surface area contributed by atoms with Crippen LogP contribution >= 0.6 is 0 Å². The highest BCUT2D eigenvalue weighted by Crippen LogP contribution is 2.09. The number of amides is 1. The molecule has 108 valence electrons. The summed E-state index contributed by atoms with van der Waals surface area (Å²) in [4.78, 5) is 19.7. The quantitative estimate of drug-likeness (QED) is 0.703. The van der Waals surface area contributed by atoms with Crippen LogP contribution in [-0.4, -0.2) is 38.5 Å². The zero-order chi connectivity index (χ0) is 15.0. The minimum Gasteiger partial charge on any atom is -0.323 e. The first-order chi connectivity index (χ1) is 9.97. The van der Waals surface area contributed by atoms with Crippen molar-refractivity contribution in [2.45, 2.75) is 5.03 Å². The molecular weight excluding hydrogens is 296 g/mol. The molecule has 10 heteroatoms. The van der Waals surface area contributed by atoms with Crippen LogP contribution < -0.4 is 4.72 Å². The van der Waals surface area contributed by atoms with E-state index in [4.69, 9.17) is 0 Å². The second kappa shape index (κ2) is 4.66. The summed E-state index contributed by atoms with van der Waals surface area (Å²) < 4.78 is 28.9. The first-order valence-electron chi connectivity index (χ1n) is 5.80. The summed E-state index contributed by atoms with van der Waals surface area (Å²) in [6.45, 7) is 0. The van der Waals surface area contributed by atoms with Gasteiger partial charge in [-0.05, 0) is 12.1 Å². The molecule has 0 fully saturated rings. The van der Waals surface area contributed by atoms with Gasteiger partial charge in [0.15, 0.2) is 10.7 Å². The largest absolute Gasteiger partial charge is 0.323 e. The molecule has 1 N–H and O–H groups in total. The van der Waals surface area contributed by atoms with Gasteiger partial charge in [-0.2, -0.15) is 13.5 Å². The maximum Gasteiger partial charge on any atom is 0.281 e. The van der Waals surface area contributed by atoms with Gasteiger partial charge in [0.2, 0.25) is 0 Å². The second-order valence-electron chi connectivity index (χ2n) is 4.26. The van der Waals surface area contributed by atoms with Gasteiger partial charge in [-0.3, -0.25) is 4.79 Å². The Morgan fingerprint density at radius 3 is 2.90 bits per heavy atom. The van der Waals surface area contributed by atoms with Crippen molar-refractivity contribution in [3.05, 3.63) is 42.7 Å². The molecule has 1 amide bonds. The van der Waals surface area contributed by atoms with E-state index in [-0.39, 0.29) is 10.6 Å². The topological polar surface area (TPSA) is 111 Å².